The quantitative estimate of drug-likeness (QED) is 0.627. The highest BCUT2D eigenvalue weighted by molar-refractivity contribution is 7.76. The fourth-order valence-electron chi connectivity index (χ4n) is 4.65. The van der Waals surface area contributed by atoms with Gasteiger partial charge >= 0.3 is 0 Å². The maximum Gasteiger partial charge on any atom is 0.0618 e. The summed E-state index contributed by atoms with van der Waals surface area (Å²) in [7, 11) is 1.32. The van der Waals surface area contributed by atoms with Crippen LogP contribution in [0.15, 0.2) is 83.7 Å². The first kappa shape index (κ1) is 19.6. The van der Waals surface area contributed by atoms with Crippen LogP contribution in [0.3, 0.4) is 0 Å². The molecule has 2 atom stereocenters. The summed E-state index contributed by atoms with van der Waals surface area (Å²) in [6.07, 6.45) is 8.35. The van der Waals surface area contributed by atoms with E-state index < -0.39 is 7.92 Å². The minimum atomic E-state index is -0.501. The number of nitrogens with zero attached hydrogens (tertiary/aromatic N) is 1. The van der Waals surface area contributed by atoms with E-state index in [4.69, 9.17) is 4.74 Å². The van der Waals surface area contributed by atoms with Crippen LogP contribution >= 0.6 is 7.92 Å². The van der Waals surface area contributed by atoms with Gasteiger partial charge in [0, 0.05) is 19.2 Å². The monoisotopic (exact) mass is 391 g/mol. The maximum absolute atomic E-state index is 5.51. The molecule has 1 fully saturated rings. The zero-order valence-electron chi connectivity index (χ0n) is 16.9. The summed E-state index contributed by atoms with van der Waals surface area (Å²) in [5, 5.41) is 4.51. The lowest BCUT2D eigenvalue weighted by molar-refractivity contribution is 0.103. The van der Waals surface area contributed by atoms with Gasteiger partial charge in [-0.3, -0.25) is 4.90 Å². The highest BCUT2D eigenvalue weighted by Gasteiger charge is 2.33. The van der Waals surface area contributed by atoms with Crippen LogP contribution in [0.4, 0.5) is 0 Å². The number of ether oxygens (including phenoxy) is 1. The maximum atomic E-state index is 5.51. The van der Waals surface area contributed by atoms with Gasteiger partial charge in [-0.25, -0.2) is 0 Å². The molecule has 4 rings (SSSR count). The van der Waals surface area contributed by atoms with Gasteiger partial charge < -0.3 is 4.74 Å². The number of benzene rings is 2. The zero-order valence-corrected chi connectivity index (χ0v) is 17.8. The molecular weight excluding hydrogens is 361 g/mol. The minimum Gasteiger partial charge on any atom is -0.383 e. The molecule has 1 aliphatic carbocycles. The van der Waals surface area contributed by atoms with Crippen molar-refractivity contribution < 1.29 is 4.74 Å². The zero-order chi connectivity index (χ0) is 19.3. The van der Waals surface area contributed by atoms with Crippen molar-refractivity contribution in [1.29, 1.82) is 0 Å². The Hall–Kier alpha value is -1.73. The van der Waals surface area contributed by atoms with E-state index in [-0.39, 0.29) is 0 Å². The number of hydrogen-bond donors (Lipinski definition) is 0. The van der Waals surface area contributed by atoms with Crippen molar-refractivity contribution in [1.82, 2.24) is 4.90 Å². The standard InChI is InChI=1S/C25H30NOP/c1-20(26-18-10-11-21(26)19-27-2)24-16-9-17-25(24)28(22-12-5-3-6-13-22)23-14-7-4-8-15-23/h3-9,12-16,20-21H,10-11,17-19H2,1-2H3/t20-,21+/m0/s1. The third-order valence-corrected chi connectivity index (χ3v) is 8.58. The second-order valence-electron chi connectivity index (χ2n) is 7.68. The Bertz CT molecular complexity index is 791. The van der Waals surface area contributed by atoms with Crippen LogP contribution in [0.1, 0.15) is 26.2 Å². The summed E-state index contributed by atoms with van der Waals surface area (Å²) >= 11 is 0. The van der Waals surface area contributed by atoms with E-state index in [1.807, 2.05) is 7.11 Å². The van der Waals surface area contributed by atoms with Crippen molar-refractivity contribution in [2.24, 2.45) is 0 Å². The lowest BCUT2D eigenvalue weighted by Gasteiger charge is -2.33. The molecule has 1 heterocycles. The summed E-state index contributed by atoms with van der Waals surface area (Å²) in [6, 6.07) is 23.1. The Balaban J connectivity index is 1.73. The molecule has 2 aliphatic rings. The number of rotatable bonds is 7. The Labute approximate surface area is 170 Å². The van der Waals surface area contributed by atoms with E-state index in [1.54, 1.807) is 5.31 Å². The normalized spacial score (nSPS) is 21.0. The number of methoxy groups -OCH3 is 1. The molecule has 0 bridgehead atoms. The van der Waals surface area contributed by atoms with Gasteiger partial charge in [0.2, 0.25) is 0 Å². The number of likely N-dealkylation sites (tertiary alicyclic amines) is 1. The lowest BCUT2D eigenvalue weighted by atomic mass is 10.1. The van der Waals surface area contributed by atoms with Crippen molar-refractivity contribution in [2.45, 2.75) is 38.3 Å². The van der Waals surface area contributed by atoms with Gasteiger partial charge in [0.05, 0.1) is 6.61 Å². The molecule has 28 heavy (non-hydrogen) atoms. The molecule has 1 saturated heterocycles. The molecule has 0 amide bonds. The lowest BCUT2D eigenvalue weighted by Crippen LogP contribution is -2.40. The molecule has 0 N–H and O–H groups in total. The van der Waals surface area contributed by atoms with Crippen LogP contribution in [0, 0.1) is 0 Å². The second-order valence-corrected chi connectivity index (χ2v) is 9.92. The topological polar surface area (TPSA) is 12.5 Å². The van der Waals surface area contributed by atoms with Crippen LogP contribution < -0.4 is 10.6 Å². The van der Waals surface area contributed by atoms with Crippen molar-refractivity contribution >= 4 is 18.5 Å². The molecular formula is C25H30NOP. The fourth-order valence-corrected chi connectivity index (χ4v) is 7.31. The Morgan fingerprint density at radius 1 is 1.04 bits per heavy atom. The minimum absolute atomic E-state index is 0.439. The van der Waals surface area contributed by atoms with Gasteiger partial charge in [0.1, 0.15) is 0 Å². The summed E-state index contributed by atoms with van der Waals surface area (Å²) < 4.78 is 5.51. The molecule has 0 saturated carbocycles. The first-order valence-corrected chi connectivity index (χ1v) is 11.7. The molecule has 2 aromatic carbocycles. The predicted octanol–water partition coefficient (Wildman–Crippen LogP) is 4.83. The summed E-state index contributed by atoms with van der Waals surface area (Å²) in [6.45, 7) is 4.40. The van der Waals surface area contributed by atoms with E-state index in [1.165, 1.54) is 35.6 Å². The Morgan fingerprint density at radius 2 is 1.68 bits per heavy atom. The van der Waals surface area contributed by atoms with Gasteiger partial charge in [0.15, 0.2) is 0 Å². The highest BCUT2D eigenvalue weighted by Crippen LogP contribution is 2.50. The molecule has 1 aliphatic heterocycles. The van der Waals surface area contributed by atoms with E-state index in [9.17, 15) is 0 Å². The molecule has 3 heteroatoms. The molecule has 0 aromatic heterocycles. The van der Waals surface area contributed by atoms with E-state index in [0.29, 0.717) is 12.1 Å². The second kappa shape index (κ2) is 9.18. The van der Waals surface area contributed by atoms with E-state index in [0.717, 1.165) is 13.0 Å². The summed E-state index contributed by atoms with van der Waals surface area (Å²) in [5.41, 5.74) is 1.53. The summed E-state index contributed by atoms with van der Waals surface area (Å²) in [4.78, 5) is 2.66. The Morgan fingerprint density at radius 3 is 2.29 bits per heavy atom. The van der Waals surface area contributed by atoms with Crippen molar-refractivity contribution in [2.75, 3.05) is 20.3 Å². The predicted molar refractivity (Wildman–Crippen MR) is 121 cm³/mol. The van der Waals surface area contributed by atoms with Gasteiger partial charge in [-0.1, -0.05) is 72.8 Å². The van der Waals surface area contributed by atoms with Crippen LogP contribution in [0.5, 0.6) is 0 Å². The highest BCUT2D eigenvalue weighted by atomic mass is 31.1. The van der Waals surface area contributed by atoms with Crippen molar-refractivity contribution in [3.63, 3.8) is 0 Å². The van der Waals surface area contributed by atoms with Gasteiger partial charge in [0.25, 0.3) is 0 Å². The van der Waals surface area contributed by atoms with Crippen LogP contribution in [-0.2, 0) is 4.74 Å². The van der Waals surface area contributed by atoms with Gasteiger partial charge in [-0.15, -0.1) is 0 Å². The average molecular weight is 391 g/mol. The molecule has 2 aromatic rings. The fraction of sp³-hybridized carbons (Fsp3) is 0.360. The number of hydrogen-bond acceptors (Lipinski definition) is 2. The van der Waals surface area contributed by atoms with Gasteiger partial charge in [-0.05, 0) is 62.1 Å². The van der Waals surface area contributed by atoms with E-state index in [2.05, 4.69) is 84.6 Å². The molecule has 0 spiro atoms. The summed E-state index contributed by atoms with van der Waals surface area (Å²) in [5.74, 6) is 0. The van der Waals surface area contributed by atoms with Crippen LogP contribution in [0.25, 0.3) is 0 Å². The van der Waals surface area contributed by atoms with Gasteiger partial charge in [-0.2, -0.15) is 0 Å². The first-order valence-electron chi connectivity index (χ1n) is 10.3. The number of allylic oxidation sites excluding steroid dienone is 2. The van der Waals surface area contributed by atoms with E-state index >= 15 is 0 Å². The van der Waals surface area contributed by atoms with Crippen molar-refractivity contribution in [3.05, 3.63) is 83.7 Å². The molecule has 2 nitrogen and oxygen atoms in total. The molecule has 146 valence electrons. The molecule has 0 radical (unpaired) electrons. The third kappa shape index (κ3) is 4.01. The largest absolute Gasteiger partial charge is 0.383 e. The molecule has 0 unspecified atom stereocenters. The first-order chi connectivity index (χ1) is 13.8. The third-order valence-electron chi connectivity index (χ3n) is 5.97. The Kier molecular flexibility index (Phi) is 6.42. The van der Waals surface area contributed by atoms with Crippen molar-refractivity contribution in [3.8, 4) is 0 Å². The van der Waals surface area contributed by atoms with Crippen LogP contribution in [-0.4, -0.2) is 37.2 Å². The average Bonchev–Trinajstić information content (AvgIpc) is 3.40. The SMILES string of the molecule is COC[C@H]1CCCN1[C@@H](C)C1=C(P(c2ccccc2)c2ccccc2)CC=C1. The smallest absolute Gasteiger partial charge is 0.0618 e. The van der Waals surface area contributed by atoms with Crippen LogP contribution in [0.2, 0.25) is 0 Å².